The first-order chi connectivity index (χ1) is 16.7. The smallest absolute Gasteiger partial charge is 0.239 e. The summed E-state index contributed by atoms with van der Waals surface area (Å²) in [6.07, 6.45) is 4.02. The Bertz CT molecular complexity index is 1070. The molecule has 1 aliphatic rings. The number of aromatic nitrogens is 1. The molecule has 0 spiro atoms. The molecular formula is C27H33N3O4. The van der Waals surface area contributed by atoms with Crippen LogP contribution in [0.5, 0.6) is 5.75 Å². The van der Waals surface area contributed by atoms with E-state index in [1.54, 1.807) is 19.4 Å². The number of carbonyl (C=O) groups excluding carboxylic acids is 1. The van der Waals surface area contributed by atoms with Crippen LogP contribution in [-0.2, 0) is 14.3 Å². The van der Waals surface area contributed by atoms with Crippen molar-refractivity contribution in [1.29, 1.82) is 0 Å². The molecule has 7 nitrogen and oxygen atoms in total. The maximum absolute atomic E-state index is 12.2. The summed E-state index contributed by atoms with van der Waals surface area (Å²) in [7, 11) is 1.68. The molecule has 2 aromatic carbocycles. The van der Waals surface area contributed by atoms with Gasteiger partial charge in [0.15, 0.2) is 6.29 Å². The number of hydrogen-bond donors (Lipinski definition) is 2. The quantitative estimate of drug-likeness (QED) is 0.461. The van der Waals surface area contributed by atoms with Crippen LogP contribution in [0.3, 0.4) is 0 Å². The maximum Gasteiger partial charge on any atom is 0.239 e. The Kier molecular flexibility index (Phi) is 8.46. The number of pyridine rings is 1. The van der Waals surface area contributed by atoms with E-state index in [0.29, 0.717) is 19.0 Å². The Labute approximate surface area is 200 Å². The highest BCUT2D eigenvalue weighted by atomic mass is 16.7. The average Bonchev–Trinajstić information content (AvgIpc) is 2.89. The van der Waals surface area contributed by atoms with Crippen LogP contribution in [0.25, 0.3) is 10.8 Å². The van der Waals surface area contributed by atoms with Crippen LogP contribution in [0.4, 0.5) is 5.82 Å². The van der Waals surface area contributed by atoms with Crippen LogP contribution < -0.4 is 15.4 Å². The van der Waals surface area contributed by atoms with Gasteiger partial charge in [0, 0.05) is 18.2 Å². The Morgan fingerprint density at radius 1 is 1.15 bits per heavy atom. The summed E-state index contributed by atoms with van der Waals surface area (Å²) in [5.41, 5.74) is 1.24. The Morgan fingerprint density at radius 3 is 2.74 bits per heavy atom. The molecular weight excluding hydrogens is 430 g/mol. The number of nitrogens with zero attached hydrogens (tertiary/aromatic N) is 1. The summed E-state index contributed by atoms with van der Waals surface area (Å²) in [5, 5.41) is 8.49. The summed E-state index contributed by atoms with van der Waals surface area (Å²) < 4.78 is 17.5. The lowest BCUT2D eigenvalue weighted by Crippen LogP contribution is -2.37. The third kappa shape index (κ3) is 6.32. The molecule has 1 amide bonds. The topological polar surface area (TPSA) is 81.7 Å². The van der Waals surface area contributed by atoms with Crippen molar-refractivity contribution >= 4 is 22.5 Å². The van der Waals surface area contributed by atoms with Gasteiger partial charge in [0.1, 0.15) is 11.6 Å². The van der Waals surface area contributed by atoms with Crippen LogP contribution in [0.2, 0.25) is 0 Å². The zero-order chi connectivity index (χ0) is 23.8. The van der Waals surface area contributed by atoms with Gasteiger partial charge in [0.05, 0.1) is 26.9 Å². The monoisotopic (exact) mass is 463 g/mol. The van der Waals surface area contributed by atoms with Gasteiger partial charge in [0.25, 0.3) is 0 Å². The van der Waals surface area contributed by atoms with Gasteiger partial charge in [-0.1, -0.05) is 37.3 Å². The number of carbonyl (C=O) groups is 1. The van der Waals surface area contributed by atoms with Gasteiger partial charge in [-0.25, -0.2) is 4.98 Å². The summed E-state index contributed by atoms with van der Waals surface area (Å²) in [6.45, 7) is 3.62. The lowest BCUT2D eigenvalue weighted by molar-refractivity contribution is -0.190. The van der Waals surface area contributed by atoms with Crippen LogP contribution in [0.1, 0.15) is 37.7 Å². The van der Waals surface area contributed by atoms with E-state index in [4.69, 9.17) is 14.2 Å². The van der Waals surface area contributed by atoms with E-state index in [2.05, 4.69) is 52.9 Å². The van der Waals surface area contributed by atoms with Gasteiger partial charge in [-0.15, -0.1) is 0 Å². The summed E-state index contributed by atoms with van der Waals surface area (Å²) in [5.74, 6) is 1.52. The molecule has 0 radical (unpaired) electrons. The molecule has 1 unspecified atom stereocenters. The number of anilines is 1. The number of methoxy groups -OCH3 is 1. The SMILES string of the molecule is CCC(CCC1OCC(c2cccc3cc(OC)ccc23)CO1)NCC(=O)Nc1ccccn1. The second kappa shape index (κ2) is 11.9. The fourth-order valence-corrected chi connectivity index (χ4v) is 4.31. The van der Waals surface area contributed by atoms with Gasteiger partial charge in [-0.2, -0.15) is 0 Å². The molecule has 2 N–H and O–H groups in total. The Morgan fingerprint density at radius 2 is 2.00 bits per heavy atom. The van der Waals surface area contributed by atoms with E-state index in [0.717, 1.165) is 30.4 Å². The first-order valence-electron chi connectivity index (χ1n) is 11.9. The fraction of sp³-hybridized carbons (Fsp3) is 0.407. The van der Waals surface area contributed by atoms with Crippen molar-refractivity contribution in [1.82, 2.24) is 10.3 Å². The van der Waals surface area contributed by atoms with Crippen molar-refractivity contribution < 1.29 is 19.0 Å². The number of benzene rings is 2. The minimum absolute atomic E-state index is 0.0992. The number of nitrogens with one attached hydrogen (secondary N) is 2. The second-order valence-electron chi connectivity index (χ2n) is 8.55. The Balaban J connectivity index is 1.23. The summed E-state index contributed by atoms with van der Waals surface area (Å²) >= 11 is 0. The molecule has 0 aliphatic carbocycles. The largest absolute Gasteiger partial charge is 0.497 e. The fourth-order valence-electron chi connectivity index (χ4n) is 4.31. The second-order valence-corrected chi connectivity index (χ2v) is 8.55. The highest BCUT2D eigenvalue weighted by Gasteiger charge is 2.25. The predicted molar refractivity (Wildman–Crippen MR) is 133 cm³/mol. The van der Waals surface area contributed by atoms with Crippen molar-refractivity contribution in [3.63, 3.8) is 0 Å². The van der Waals surface area contributed by atoms with E-state index in [1.807, 2.05) is 18.2 Å². The highest BCUT2D eigenvalue weighted by molar-refractivity contribution is 5.91. The van der Waals surface area contributed by atoms with Gasteiger partial charge in [0.2, 0.25) is 5.91 Å². The number of ether oxygens (including phenoxy) is 3. The molecule has 180 valence electrons. The first-order valence-corrected chi connectivity index (χ1v) is 11.9. The molecule has 34 heavy (non-hydrogen) atoms. The zero-order valence-electron chi connectivity index (χ0n) is 19.8. The maximum atomic E-state index is 12.2. The molecule has 7 heteroatoms. The van der Waals surface area contributed by atoms with E-state index < -0.39 is 0 Å². The summed E-state index contributed by atoms with van der Waals surface area (Å²) in [4.78, 5) is 16.3. The Hall–Kier alpha value is -3.00. The van der Waals surface area contributed by atoms with Crippen LogP contribution in [0, 0.1) is 0 Å². The number of rotatable bonds is 10. The van der Waals surface area contributed by atoms with Gasteiger partial charge < -0.3 is 24.8 Å². The standard InChI is InChI=1S/C27H33N3O4/c1-3-21(29-16-26(31)30-25-9-4-5-14-28-25)10-13-27-33-17-20(18-34-27)23-8-6-7-19-15-22(32-2)11-12-24(19)23/h4-9,11-12,14-15,20-21,27,29H,3,10,13,16-18H2,1-2H3,(H,28,30,31). The van der Waals surface area contributed by atoms with E-state index in [9.17, 15) is 4.79 Å². The van der Waals surface area contributed by atoms with Crippen molar-refractivity contribution in [2.45, 2.75) is 44.4 Å². The third-order valence-corrected chi connectivity index (χ3v) is 6.26. The van der Waals surface area contributed by atoms with Crippen molar-refractivity contribution in [2.24, 2.45) is 0 Å². The summed E-state index contributed by atoms with van der Waals surface area (Å²) in [6, 6.07) is 18.1. The molecule has 1 atom stereocenters. The molecule has 4 rings (SSSR count). The zero-order valence-corrected chi connectivity index (χ0v) is 19.8. The van der Waals surface area contributed by atoms with Crippen molar-refractivity contribution in [3.8, 4) is 5.75 Å². The first kappa shape index (κ1) is 24.1. The minimum atomic E-state index is -0.218. The molecule has 1 aromatic heterocycles. The molecule has 3 aromatic rings. The van der Waals surface area contributed by atoms with Gasteiger partial charge >= 0.3 is 0 Å². The molecule has 0 saturated carbocycles. The molecule has 0 bridgehead atoms. The van der Waals surface area contributed by atoms with Crippen molar-refractivity contribution in [3.05, 3.63) is 66.4 Å². The van der Waals surface area contributed by atoms with Crippen LogP contribution in [-0.4, -0.2) is 50.1 Å². The molecule has 1 aliphatic heterocycles. The van der Waals surface area contributed by atoms with Crippen LogP contribution >= 0.6 is 0 Å². The van der Waals surface area contributed by atoms with Gasteiger partial charge in [-0.05, 0) is 59.9 Å². The molecule has 1 fully saturated rings. The lowest BCUT2D eigenvalue weighted by atomic mass is 9.94. The number of hydrogen-bond acceptors (Lipinski definition) is 6. The highest BCUT2D eigenvalue weighted by Crippen LogP contribution is 2.31. The normalized spacial score (nSPS) is 19.0. The minimum Gasteiger partial charge on any atom is -0.497 e. The number of fused-ring (bicyclic) bond motifs is 1. The molecule has 1 saturated heterocycles. The van der Waals surface area contributed by atoms with E-state index in [1.165, 1.54) is 10.9 Å². The van der Waals surface area contributed by atoms with E-state index >= 15 is 0 Å². The predicted octanol–water partition coefficient (Wildman–Crippen LogP) is 4.49. The van der Waals surface area contributed by atoms with Gasteiger partial charge in [-0.3, -0.25) is 4.79 Å². The van der Waals surface area contributed by atoms with Crippen molar-refractivity contribution in [2.75, 3.05) is 32.2 Å². The molecule has 2 heterocycles. The van der Waals surface area contributed by atoms with Crippen LogP contribution in [0.15, 0.2) is 60.8 Å². The average molecular weight is 464 g/mol. The number of amides is 1. The lowest BCUT2D eigenvalue weighted by Gasteiger charge is -2.31. The van der Waals surface area contributed by atoms with E-state index in [-0.39, 0.29) is 30.7 Å². The third-order valence-electron chi connectivity index (χ3n) is 6.26.